The van der Waals surface area contributed by atoms with E-state index in [0.717, 1.165) is 32.1 Å². The second-order valence-corrected chi connectivity index (χ2v) is 5.88. The summed E-state index contributed by atoms with van der Waals surface area (Å²) in [4.78, 5) is 21.7. The Morgan fingerprint density at radius 1 is 1.13 bits per heavy atom. The first-order chi connectivity index (χ1) is 10.8. The largest absolute Gasteiger partial charge is 0.480 e. The monoisotopic (exact) mass is 331 g/mol. The number of unbranched alkanes of at least 4 members (excludes halogenated alkanes) is 4. The van der Waals surface area contributed by atoms with Crippen molar-refractivity contribution in [1.82, 2.24) is 0 Å². The van der Waals surface area contributed by atoms with Crippen LogP contribution in [0, 0.1) is 0 Å². The molecule has 0 amide bonds. The molecule has 23 heavy (non-hydrogen) atoms. The molecule has 0 bridgehead atoms. The highest BCUT2D eigenvalue weighted by Gasteiger charge is 2.44. The predicted molar refractivity (Wildman–Crippen MR) is 85.8 cm³/mol. The molecule has 0 radical (unpaired) electrons. The van der Waals surface area contributed by atoms with E-state index in [4.69, 9.17) is 15.9 Å². The number of nitrogens with two attached hydrogens (primary N) is 1. The van der Waals surface area contributed by atoms with Crippen molar-refractivity contribution >= 4 is 11.8 Å². The Morgan fingerprint density at radius 3 is 2.26 bits per heavy atom. The molecule has 0 aromatic heterocycles. The van der Waals surface area contributed by atoms with Gasteiger partial charge in [-0.3, -0.25) is 4.79 Å². The summed E-state index contributed by atoms with van der Waals surface area (Å²) in [6.45, 7) is 0.615. The van der Waals surface area contributed by atoms with Gasteiger partial charge in [-0.1, -0.05) is 25.0 Å². The van der Waals surface area contributed by atoms with Crippen molar-refractivity contribution in [2.24, 2.45) is 5.73 Å². The Morgan fingerprint density at radius 2 is 1.74 bits per heavy atom. The zero-order chi connectivity index (χ0) is 17.9. The summed E-state index contributed by atoms with van der Waals surface area (Å²) in [5, 5.41) is 37.5. The lowest BCUT2D eigenvalue weighted by Gasteiger charge is -2.30. The molecular formula is C16H29NO6. The molecule has 0 aliphatic carbocycles. The summed E-state index contributed by atoms with van der Waals surface area (Å²) in [6, 6.07) is 0. The molecule has 0 saturated heterocycles. The molecule has 7 nitrogen and oxygen atoms in total. The molecule has 6 N–H and O–H groups in total. The van der Waals surface area contributed by atoms with Crippen LogP contribution < -0.4 is 5.73 Å². The summed E-state index contributed by atoms with van der Waals surface area (Å²) < 4.78 is 0. The fourth-order valence-corrected chi connectivity index (χ4v) is 2.10. The minimum Gasteiger partial charge on any atom is -0.480 e. The highest BCUT2D eigenvalue weighted by molar-refractivity contribution is 5.79. The first-order valence-electron chi connectivity index (χ1n) is 7.89. The Hall–Kier alpha value is -1.28. The second kappa shape index (κ2) is 11.3. The Balaban J connectivity index is 3.98. The fraction of sp³-hybridized carbons (Fsp3) is 0.750. The number of aliphatic carboxylic acids is 1. The molecular weight excluding hydrogens is 302 g/mol. The van der Waals surface area contributed by atoms with Crippen molar-refractivity contribution in [3.05, 3.63) is 12.2 Å². The molecule has 0 spiro atoms. The van der Waals surface area contributed by atoms with Crippen LogP contribution in [0.5, 0.6) is 0 Å². The first kappa shape index (κ1) is 21.7. The van der Waals surface area contributed by atoms with E-state index in [2.05, 4.69) is 0 Å². The van der Waals surface area contributed by atoms with Gasteiger partial charge in [-0.25, -0.2) is 0 Å². The number of allylic oxidation sites excluding steroid dienone is 1. The van der Waals surface area contributed by atoms with Crippen LogP contribution >= 0.6 is 0 Å². The van der Waals surface area contributed by atoms with Gasteiger partial charge < -0.3 is 31.0 Å². The molecule has 0 aliphatic rings. The molecule has 0 heterocycles. The number of rotatable bonds is 13. The number of hydrogen-bond donors (Lipinski definition) is 5. The van der Waals surface area contributed by atoms with Crippen LogP contribution in [-0.4, -0.2) is 56.5 Å². The Bertz CT molecular complexity index is 398. The second-order valence-electron chi connectivity index (χ2n) is 5.88. The van der Waals surface area contributed by atoms with Gasteiger partial charge in [0.05, 0.1) is 12.7 Å². The standard InChI is InChI=1S/C16H29NO6/c1-12(19)9-7-5-3-2-4-6-8-10-13(20)14(21)16(17,11-18)15(22)23/h6,8,13-14,18,20-21H,2-5,7,9-11,17H2,1H3,(H,22,23)/b8-6-/t13-,14+,16+/m0/s1. The zero-order valence-electron chi connectivity index (χ0n) is 13.6. The van der Waals surface area contributed by atoms with Crippen molar-refractivity contribution < 1.29 is 30.0 Å². The lowest BCUT2D eigenvalue weighted by atomic mass is 9.89. The van der Waals surface area contributed by atoms with Crippen molar-refractivity contribution in [3.63, 3.8) is 0 Å². The third-order valence-corrected chi connectivity index (χ3v) is 3.75. The molecule has 0 aromatic carbocycles. The van der Waals surface area contributed by atoms with E-state index < -0.39 is 30.3 Å². The average Bonchev–Trinajstić information content (AvgIpc) is 2.50. The molecule has 7 heteroatoms. The van der Waals surface area contributed by atoms with E-state index in [0.29, 0.717) is 6.42 Å². The van der Waals surface area contributed by atoms with E-state index in [1.807, 2.05) is 6.08 Å². The number of carboxylic acids is 1. The normalized spacial score (nSPS) is 16.9. The summed E-state index contributed by atoms with van der Waals surface area (Å²) in [5.41, 5.74) is 3.12. The third-order valence-electron chi connectivity index (χ3n) is 3.75. The van der Waals surface area contributed by atoms with E-state index in [1.54, 1.807) is 13.0 Å². The molecule has 0 unspecified atom stereocenters. The number of aliphatic hydroxyl groups excluding tert-OH is 3. The maximum Gasteiger partial charge on any atom is 0.328 e. The summed E-state index contributed by atoms with van der Waals surface area (Å²) in [7, 11) is 0. The number of Topliss-reactive ketones (excluding diaryl/α,β-unsaturated/α-hetero) is 1. The van der Waals surface area contributed by atoms with Crippen LogP contribution in [0.25, 0.3) is 0 Å². The number of carbonyl (C=O) groups excluding carboxylic acids is 1. The van der Waals surface area contributed by atoms with Gasteiger partial charge in [-0.2, -0.15) is 0 Å². The first-order valence-corrected chi connectivity index (χ1v) is 7.89. The molecule has 0 aromatic rings. The highest BCUT2D eigenvalue weighted by atomic mass is 16.4. The molecule has 134 valence electrons. The van der Waals surface area contributed by atoms with Crippen molar-refractivity contribution in [3.8, 4) is 0 Å². The summed E-state index contributed by atoms with van der Waals surface area (Å²) >= 11 is 0. The Labute approximate surface area is 136 Å². The topological polar surface area (TPSA) is 141 Å². The number of carboxylic acid groups (broad SMARTS) is 1. The van der Waals surface area contributed by atoms with Gasteiger partial charge in [0.25, 0.3) is 0 Å². The number of aliphatic hydroxyl groups is 3. The average molecular weight is 331 g/mol. The highest BCUT2D eigenvalue weighted by Crippen LogP contribution is 2.14. The SMILES string of the molecule is CC(=O)CCCCCC/C=C\C[C@H](O)[C@@H](O)[C@](N)(CO)C(=O)O. The van der Waals surface area contributed by atoms with Gasteiger partial charge >= 0.3 is 5.97 Å². The van der Waals surface area contributed by atoms with Gasteiger partial charge in [0.1, 0.15) is 11.9 Å². The smallest absolute Gasteiger partial charge is 0.328 e. The number of ketones is 1. The van der Waals surface area contributed by atoms with Crippen LogP contribution in [0.1, 0.15) is 51.9 Å². The Kier molecular flexibility index (Phi) is 10.7. The summed E-state index contributed by atoms with van der Waals surface area (Å²) in [5.74, 6) is -1.36. The van der Waals surface area contributed by atoms with Crippen LogP contribution in [0.4, 0.5) is 0 Å². The molecule has 0 rings (SSSR count). The van der Waals surface area contributed by atoms with Crippen LogP contribution in [0.2, 0.25) is 0 Å². The fourth-order valence-electron chi connectivity index (χ4n) is 2.10. The third kappa shape index (κ3) is 8.22. The minimum absolute atomic E-state index is 0.0533. The quantitative estimate of drug-likeness (QED) is 0.242. The van der Waals surface area contributed by atoms with Crippen molar-refractivity contribution in [2.75, 3.05) is 6.61 Å². The van der Waals surface area contributed by atoms with E-state index in [9.17, 15) is 19.8 Å². The molecule has 0 saturated carbocycles. The van der Waals surface area contributed by atoms with Crippen LogP contribution in [-0.2, 0) is 9.59 Å². The zero-order valence-corrected chi connectivity index (χ0v) is 13.6. The van der Waals surface area contributed by atoms with E-state index in [1.165, 1.54) is 0 Å². The van der Waals surface area contributed by atoms with E-state index in [-0.39, 0.29) is 12.2 Å². The molecule has 0 fully saturated rings. The lowest BCUT2D eigenvalue weighted by molar-refractivity contribution is -0.155. The van der Waals surface area contributed by atoms with Gasteiger partial charge in [0.15, 0.2) is 5.54 Å². The van der Waals surface area contributed by atoms with Gasteiger partial charge in [-0.05, 0) is 32.6 Å². The number of hydrogen-bond acceptors (Lipinski definition) is 6. The lowest BCUT2D eigenvalue weighted by Crippen LogP contribution is -2.63. The minimum atomic E-state index is -2.27. The summed E-state index contributed by atoms with van der Waals surface area (Å²) in [6.07, 6.45) is 5.72. The number of carbonyl (C=O) groups is 2. The molecule has 0 aliphatic heterocycles. The maximum atomic E-state index is 10.9. The predicted octanol–water partition coefficient (Wildman–Crippen LogP) is 0.359. The van der Waals surface area contributed by atoms with Gasteiger partial charge in [0.2, 0.25) is 0 Å². The van der Waals surface area contributed by atoms with Crippen LogP contribution in [0.15, 0.2) is 12.2 Å². The maximum absolute atomic E-state index is 10.9. The van der Waals surface area contributed by atoms with Crippen LogP contribution in [0.3, 0.4) is 0 Å². The molecule has 3 atom stereocenters. The van der Waals surface area contributed by atoms with Crippen molar-refractivity contribution in [1.29, 1.82) is 0 Å². The van der Waals surface area contributed by atoms with E-state index >= 15 is 0 Å². The van der Waals surface area contributed by atoms with Crippen molar-refractivity contribution in [2.45, 2.75) is 69.6 Å². The van der Waals surface area contributed by atoms with Gasteiger partial charge in [-0.15, -0.1) is 0 Å². The van der Waals surface area contributed by atoms with Gasteiger partial charge in [0, 0.05) is 6.42 Å².